The Bertz CT molecular complexity index is 723. The van der Waals surface area contributed by atoms with Crippen LogP contribution in [0.3, 0.4) is 0 Å². The van der Waals surface area contributed by atoms with Crippen LogP contribution in [0.25, 0.3) is 0 Å². The third-order valence-corrected chi connectivity index (χ3v) is 7.10. The number of nitrogens with one attached hydrogen (secondary N) is 1. The number of benzene rings is 1. The predicted octanol–water partition coefficient (Wildman–Crippen LogP) is 1.58. The van der Waals surface area contributed by atoms with Gasteiger partial charge in [-0.1, -0.05) is 24.3 Å². The summed E-state index contributed by atoms with van der Waals surface area (Å²) in [4.78, 5) is 39.0. The van der Waals surface area contributed by atoms with Crippen molar-refractivity contribution < 1.29 is 14.4 Å². The van der Waals surface area contributed by atoms with Gasteiger partial charge in [0, 0.05) is 18.3 Å². The minimum absolute atomic E-state index is 0.0157. The number of rotatable bonds is 4. The van der Waals surface area contributed by atoms with Crippen molar-refractivity contribution in [2.75, 3.05) is 12.4 Å². The molecule has 3 aliphatic rings. The molecule has 1 aromatic carbocycles. The molecule has 6 heteroatoms. The van der Waals surface area contributed by atoms with Crippen molar-refractivity contribution in [3.05, 3.63) is 35.4 Å². The molecule has 2 saturated heterocycles. The van der Waals surface area contributed by atoms with Gasteiger partial charge in [-0.05, 0) is 43.2 Å². The quantitative estimate of drug-likeness (QED) is 0.813. The standard InChI is InChI=1S/C20H24N2O3S/c23-11-16-6-3-9-22(16)20(25)17-19(26-12-21-17)18(24)15-8-7-13-4-1-2-5-14(13)10-15/h1-2,4-5,11,15-17,19,21H,3,6-10,12H2/t15-,16+,17+,19?/m1/s1. The highest BCUT2D eigenvalue weighted by Gasteiger charge is 2.44. The second-order valence-corrected chi connectivity index (χ2v) is 8.53. The highest BCUT2D eigenvalue weighted by Crippen LogP contribution is 2.33. The highest BCUT2D eigenvalue weighted by molar-refractivity contribution is 8.00. The summed E-state index contributed by atoms with van der Waals surface area (Å²) in [6, 6.07) is 7.50. The summed E-state index contributed by atoms with van der Waals surface area (Å²) in [6.45, 7) is 0.614. The molecule has 1 aliphatic carbocycles. The number of hydrogen-bond acceptors (Lipinski definition) is 5. The first-order valence-corrected chi connectivity index (χ1v) is 10.4. The molecule has 4 atom stereocenters. The zero-order valence-corrected chi connectivity index (χ0v) is 15.5. The van der Waals surface area contributed by atoms with Gasteiger partial charge >= 0.3 is 0 Å². The number of fused-ring (bicyclic) bond motifs is 1. The van der Waals surface area contributed by atoms with E-state index in [4.69, 9.17) is 0 Å². The number of carbonyl (C=O) groups is 3. The van der Waals surface area contributed by atoms with Gasteiger partial charge in [0.05, 0.1) is 11.3 Å². The molecular weight excluding hydrogens is 348 g/mol. The van der Waals surface area contributed by atoms with Crippen molar-refractivity contribution in [1.29, 1.82) is 0 Å². The SMILES string of the molecule is O=C[C@@H]1CCCN1C(=O)[C@H]1NCSC1C(=O)[C@@H]1CCc2ccccc2C1. The number of carbonyl (C=O) groups excluding carboxylic acids is 3. The van der Waals surface area contributed by atoms with E-state index in [1.807, 2.05) is 12.1 Å². The van der Waals surface area contributed by atoms with Crippen LogP contribution in [-0.2, 0) is 27.2 Å². The Labute approximate surface area is 157 Å². The molecule has 1 unspecified atom stereocenters. The van der Waals surface area contributed by atoms with Gasteiger partial charge in [0.25, 0.3) is 0 Å². The molecule has 26 heavy (non-hydrogen) atoms. The van der Waals surface area contributed by atoms with E-state index in [1.54, 1.807) is 4.90 Å². The number of aldehydes is 1. The van der Waals surface area contributed by atoms with E-state index < -0.39 is 6.04 Å². The summed E-state index contributed by atoms with van der Waals surface area (Å²) in [5.41, 5.74) is 2.60. The third kappa shape index (κ3) is 3.21. The summed E-state index contributed by atoms with van der Waals surface area (Å²) in [7, 11) is 0. The fourth-order valence-corrected chi connectivity index (χ4v) is 5.67. The lowest BCUT2D eigenvalue weighted by atomic mass is 9.80. The second-order valence-electron chi connectivity index (χ2n) is 7.40. The van der Waals surface area contributed by atoms with E-state index in [2.05, 4.69) is 17.4 Å². The topological polar surface area (TPSA) is 66.5 Å². The number of amides is 1. The molecule has 4 rings (SSSR count). The average Bonchev–Trinajstić information content (AvgIpc) is 3.35. The first-order valence-electron chi connectivity index (χ1n) is 9.40. The van der Waals surface area contributed by atoms with Gasteiger partial charge in [-0.15, -0.1) is 11.8 Å². The Morgan fingerprint density at radius 3 is 2.81 bits per heavy atom. The molecule has 0 spiro atoms. The van der Waals surface area contributed by atoms with E-state index in [0.717, 1.165) is 38.4 Å². The van der Waals surface area contributed by atoms with Gasteiger partial charge < -0.3 is 9.69 Å². The molecule has 1 aromatic rings. The number of likely N-dealkylation sites (tertiary alicyclic amines) is 1. The van der Waals surface area contributed by atoms with Gasteiger partial charge in [-0.25, -0.2) is 0 Å². The molecule has 1 N–H and O–H groups in total. The van der Waals surface area contributed by atoms with E-state index in [9.17, 15) is 14.4 Å². The monoisotopic (exact) mass is 372 g/mol. The smallest absolute Gasteiger partial charge is 0.241 e. The first-order chi connectivity index (χ1) is 12.7. The number of hydrogen-bond donors (Lipinski definition) is 1. The number of Topliss-reactive ketones (excluding diaryl/α,β-unsaturated/α-hetero) is 1. The molecule has 138 valence electrons. The summed E-state index contributed by atoms with van der Waals surface area (Å²) in [5, 5.41) is 2.86. The van der Waals surface area contributed by atoms with Gasteiger partial charge in [0.15, 0.2) is 5.78 Å². The van der Waals surface area contributed by atoms with E-state index in [0.29, 0.717) is 12.4 Å². The molecule has 5 nitrogen and oxygen atoms in total. The Morgan fingerprint density at radius 2 is 2.00 bits per heavy atom. The number of nitrogens with zero attached hydrogens (tertiary/aromatic N) is 1. The van der Waals surface area contributed by atoms with Crippen LogP contribution in [0.4, 0.5) is 0 Å². The molecule has 0 bridgehead atoms. The van der Waals surface area contributed by atoms with Crippen LogP contribution in [0.15, 0.2) is 24.3 Å². The van der Waals surface area contributed by atoms with Crippen LogP contribution in [0, 0.1) is 5.92 Å². The lowest BCUT2D eigenvalue weighted by Crippen LogP contribution is -2.52. The Hall–Kier alpha value is -1.66. The largest absolute Gasteiger partial charge is 0.332 e. The van der Waals surface area contributed by atoms with Crippen molar-refractivity contribution in [3.63, 3.8) is 0 Å². The number of ketones is 1. The van der Waals surface area contributed by atoms with Gasteiger partial charge in [-0.2, -0.15) is 0 Å². The lowest BCUT2D eigenvalue weighted by molar-refractivity contribution is -0.138. The van der Waals surface area contributed by atoms with Crippen LogP contribution in [0.5, 0.6) is 0 Å². The maximum Gasteiger partial charge on any atom is 0.241 e. The fourth-order valence-electron chi connectivity index (χ4n) is 4.45. The second kappa shape index (κ2) is 7.53. The highest BCUT2D eigenvalue weighted by atomic mass is 32.2. The molecule has 0 radical (unpaired) electrons. The summed E-state index contributed by atoms with van der Waals surface area (Å²) < 4.78 is 0. The number of thioether (sulfide) groups is 1. The minimum atomic E-state index is -0.495. The molecular formula is C20H24N2O3S. The van der Waals surface area contributed by atoms with E-state index in [-0.39, 0.29) is 28.9 Å². The summed E-state index contributed by atoms with van der Waals surface area (Å²) in [6.07, 6.45) is 5.00. The van der Waals surface area contributed by atoms with Crippen LogP contribution in [0.2, 0.25) is 0 Å². The fraction of sp³-hybridized carbons (Fsp3) is 0.550. The maximum absolute atomic E-state index is 13.2. The minimum Gasteiger partial charge on any atom is -0.332 e. The summed E-state index contributed by atoms with van der Waals surface area (Å²) >= 11 is 1.53. The Kier molecular flexibility index (Phi) is 5.14. The zero-order chi connectivity index (χ0) is 18.1. The summed E-state index contributed by atoms with van der Waals surface area (Å²) in [5.74, 6) is 0.697. The molecule has 1 amide bonds. The van der Waals surface area contributed by atoms with Crippen molar-refractivity contribution in [1.82, 2.24) is 10.2 Å². The molecule has 2 fully saturated rings. The van der Waals surface area contributed by atoms with E-state index >= 15 is 0 Å². The number of aryl methyl sites for hydroxylation is 1. The zero-order valence-electron chi connectivity index (χ0n) is 14.7. The predicted molar refractivity (Wildman–Crippen MR) is 101 cm³/mol. The molecule has 2 aliphatic heterocycles. The molecule has 0 saturated carbocycles. The Balaban J connectivity index is 1.47. The van der Waals surface area contributed by atoms with Gasteiger partial charge in [0.1, 0.15) is 12.3 Å². The van der Waals surface area contributed by atoms with Crippen LogP contribution < -0.4 is 5.32 Å². The van der Waals surface area contributed by atoms with Crippen LogP contribution in [-0.4, -0.2) is 52.6 Å². The normalized spacial score (nSPS) is 30.8. The molecule has 2 heterocycles. The van der Waals surface area contributed by atoms with Crippen LogP contribution >= 0.6 is 11.8 Å². The van der Waals surface area contributed by atoms with Crippen molar-refractivity contribution >= 4 is 29.7 Å². The van der Waals surface area contributed by atoms with Crippen molar-refractivity contribution in [3.8, 4) is 0 Å². The van der Waals surface area contributed by atoms with E-state index in [1.165, 1.54) is 22.9 Å². The Morgan fingerprint density at radius 1 is 1.19 bits per heavy atom. The van der Waals surface area contributed by atoms with Crippen molar-refractivity contribution in [2.24, 2.45) is 5.92 Å². The maximum atomic E-state index is 13.2. The van der Waals surface area contributed by atoms with Gasteiger partial charge in [-0.3, -0.25) is 14.9 Å². The van der Waals surface area contributed by atoms with Crippen LogP contribution in [0.1, 0.15) is 30.4 Å². The lowest BCUT2D eigenvalue weighted by Gasteiger charge is -2.29. The van der Waals surface area contributed by atoms with Crippen molar-refractivity contribution in [2.45, 2.75) is 49.4 Å². The van der Waals surface area contributed by atoms with Gasteiger partial charge in [0.2, 0.25) is 5.91 Å². The average molecular weight is 372 g/mol. The molecule has 0 aromatic heterocycles. The first kappa shape index (κ1) is 17.7. The third-order valence-electron chi connectivity index (χ3n) is 5.90.